The van der Waals surface area contributed by atoms with Gasteiger partial charge in [0.25, 0.3) is 0 Å². The minimum Gasteiger partial charge on any atom is -0.488 e. The van der Waals surface area contributed by atoms with Crippen LogP contribution in [0.25, 0.3) is 0 Å². The third-order valence-corrected chi connectivity index (χ3v) is 2.97. The van der Waals surface area contributed by atoms with Crippen LogP contribution < -0.4 is 4.74 Å². The first-order valence-electron chi connectivity index (χ1n) is 5.99. The van der Waals surface area contributed by atoms with Crippen LogP contribution in [0.1, 0.15) is 31.7 Å². The molecule has 3 heteroatoms. The molecule has 0 N–H and O–H groups in total. The van der Waals surface area contributed by atoms with Crippen molar-refractivity contribution >= 4 is 0 Å². The predicted molar refractivity (Wildman–Crippen MR) is 68.4 cm³/mol. The molecule has 0 heterocycles. The second-order valence-corrected chi connectivity index (χ2v) is 4.09. The Morgan fingerprint density at radius 3 is 2.12 bits per heavy atom. The summed E-state index contributed by atoms with van der Waals surface area (Å²) < 4.78 is 15.7. The molecule has 1 unspecified atom stereocenters. The maximum absolute atomic E-state index is 5.57. The van der Waals surface area contributed by atoms with Crippen LogP contribution in [0.2, 0.25) is 0 Å². The highest BCUT2D eigenvalue weighted by Crippen LogP contribution is 2.21. The lowest BCUT2D eigenvalue weighted by Gasteiger charge is -2.15. The van der Waals surface area contributed by atoms with E-state index in [9.17, 15) is 0 Å². The molecule has 0 aliphatic heterocycles. The highest BCUT2D eigenvalue weighted by atomic mass is 16.7. The fourth-order valence-corrected chi connectivity index (χ4v) is 1.52. The van der Waals surface area contributed by atoms with Crippen LogP contribution in [0.5, 0.6) is 5.75 Å². The van der Waals surface area contributed by atoms with E-state index >= 15 is 0 Å². The molecule has 0 saturated carbocycles. The van der Waals surface area contributed by atoms with Crippen molar-refractivity contribution < 1.29 is 14.2 Å². The van der Waals surface area contributed by atoms with Crippen LogP contribution in [0.15, 0.2) is 24.3 Å². The number of methoxy groups -OCH3 is 2. The second kappa shape index (κ2) is 7.30. The number of rotatable bonds is 7. The SMILES string of the molecule is CCC(C)c1ccc(OCC(OC)OC)cc1. The molecule has 0 fully saturated rings. The van der Waals surface area contributed by atoms with Crippen molar-refractivity contribution in [3.05, 3.63) is 29.8 Å². The monoisotopic (exact) mass is 238 g/mol. The van der Waals surface area contributed by atoms with Gasteiger partial charge in [-0.05, 0) is 30.0 Å². The summed E-state index contributed by atoms with van der Waals surface area (Å²) >= 11 is 0. The van der Waals surface area contributed by atoms with E-state index in [-0.39, 0.29) is 6.29 Å². The van der Waals surface area contributed by atoms with Gasteiger partial charge in [0.2, 0.25) is 0 Å². The lowest BCUT2D eigenvalue weighted by atomic mass is 9.99. The van der Waals surface area contributed by atoms with E-state index in [0.717, 1.165) is 12.2 Å². The molecular formula is C14H22O3. The lowest BCUT2D eigenvalue weighted by molar-refractivity contribution is -0.121. The zero-order chi connectivity index (χ0) is 12.7. The highest BCUT2D eigenvalue weighted by Gasteiger charge is 2.06. The van der Waals surface area contributed by atoms with Crippen molar-refractivity contribution in [3.63, 3.8) is 0 Å². The van der Waals surface area contributed by atoms with Gasteiger partial charge in [-0.1, -0.05) is 26.0 Å². The van der Waals surface area contributed by atoms with Crippen molar-refractivity contribution in [3.8, 4) is 5.75 Å². The Bertz CT molecular complexity index is 304. The van der Waals surface area contributed by atoms with Gasteiger partial charge in [-0.25, -0.2) is 0 Å². The number of benzene rings is 1. The van der Waals surface area contributed by atoms with Gasteiger partial charge in [0, 0.05) is 14.2 Å². The van der Waals surface area contributed by atoms with Gasteiger partial charge >= 0.3 is 0 Å². The molecule has 0 aliphatic carbocycles. The summed E-state index contributed by atoms with van der Waals surface area (Å²) in [5.74, 6) is 1.44. The van der Waals surface area contributed by atoms with E-state index in [2.05, 4.69) is 26.0 Å². The van der Waals surface area contributed by atoms with E-state index < -0.39 is 0 Å². The summed E-state index contributed by atoms with van der Waals surface area (Å²) in [5, 5.41) is 0. The van der Waals surface area contributed by atoms with Gasteiger partial charge in [0.05, 0.1) is 0 Å². The minimum absolute atomic E-state index is 0.316. The fraction of sp³-hybridized carbons (Fsp3) is 0.571. The van der Waals surface area contributed by atoms with Crippen LogP contribution in [0.3, 0.4) is 0 Å². The Balaban J connectivity index is 2.50. The highest BCUT2D eigenvalue weighted by molar-refractivity contribution is 5.29. The summed E-state index contributed by atoms with van der Waals surface area (Å²) in [4.78, 5) is 0. The molecule has 3 nitrogen and oxygen atoms in total. The van der Waals surface area contributed by atoms with Crippen LogP contribution in [-0.4, -0.2) is 27.1 Å². The molecule has 1 atom stereocenters. The third kappa shape index (κ3) is 4.36. The summed E-state index contributed by atoms with van der Waals surface area (Å²) in [7, 11) is 3.20. The Labute approximate surface area is 104 Å². The van der Waals surface area contributed by atoms with Gasteiger partial charge in [0.15, 0.2) is 6.29 Å². The van der Waals surface area contributed by atoms with E-state index in [0.29, 0.717) is 12.5 Å². The molecule has 0 saturated heterocycles. The van der Waals surface area contributed by atoms with Crippen molar-refractivity contribution in [1.82, 2.24) is 0 Å². The minimum atomic E-state index is -0.316. The van der Waals surface area contributed by atoms with Gasteiger partial charge in [-0.2, -0.15) is 0 Å². The smallest absolute Gasteiger partial charge is 0.191 e. The quantitative estimate of drug-likeness (QED) is 0.683. The first-order chi connectivity index (χ1) is 8.21. The Kier molecular flexibility index (Phi) is 6.01. The molecule has 1 aromatic carbocycles. The van der Waals surface area contributed by atoms with E-state index in [1.165, 1.54) is 5.56 Å². The molecule has 0 radical (unpaired) electrons. The molecule has 0 aromatic heterocycles. The van der Waals surface area contributed by atoms with Crippen LogP contribution in [-0.2, 0) is 9.47 Å². The number of hydrogen-bond donors (Lipinski definition) is 0. The number of hydrogen-bond acceptors (Lipinski definition) is 3. The Morgan fingerprint density at radius 1 is 1.06 bits per heavy atom. The normalized spacial score (nSPS) is 12.8. The second-order valence-electron chi connectivity index (χ2n) is 4.09. The zero-order valence-electron chi connectivity index (χ0n) is 11.1. The first kappa shape index (κ1) is 14.0. The molecule has 96 valence electrons. The number of ether oxygens (including phenoxy) is 3. The maximum Gasteiger partial charge on any atom is 0.191 e. The van der Waals surface area contributed by atoms with Gasteiger partial charge in [0.1, 0.15) is 12.4 Å². The van der Waals surface area contributed by atoms with E-state index in [1.54, 1.807) is 14.2 Å². The molecular weight excluding hydrogens is 216 g/mol. The molecule has 0 amide bonds. The van der Waals surface area contributed by atoms with Gasteiger partial charge in [-0.3, -0.25) is 0 Å². The topological polar surface area (TPSA) is 27.7 Å². The Morgan fingerprint density at radius 2 is 1.65 bits per heavy atom. The third-order valence-electron chi connectivity index (χ3n) is 2.97. The van der Waals surface area contributed by atoms with Crippen molar-refractivity contribution in [1.29, 1.82) is 0 Å². The summed E-state index contributed by atoms with van der Waals surface area (Å²) in [6.07, 6.45) is 0.833. The van der Waals surface area contributed by atoms with Crippen LogP contribution >= 0.6 is 0 Å². The summed E-state index contributed by atoms with van der Waals surface area (Å²) in [5.41, 5.74) is 1.34. The molecule has 0 spiro atoms. The van der Waals surface area contributed by atoms with Crippen molar-refractivity contribution in [2.75, 3.05) is 20.8 Å². The van der Waals surface area contributed by atoms with E-state index in [1.807, 2.05) is 12.1 Å². The molecule has 0 bridgehead atoms. The molecule has 1 aromatic rings. The van der Waals surface area contributed by atoms with Gasteiger partial charge < -0.3 is 14.2 Å². The largest absolute Gasteiger partial charge is 0.488 e. The predicted octanol–water partition coefficient (Wildman–Crippen LogP) is 3.20. The van der Waals surface area contributed by atoms with Gasteiger partial charge in [-0.15, -0.1) is 0 Å². The first-order valence-corrected chi connectivity index (χ1v) is 5.99. The molecule has 1 rings (SSSR count). The van der Waals surface area contributed by atoms with E-state index in [4.69, 9.17) is 14.2 Å². The maximum atomic E-state index is 5.57. The summed E-state index contributed by atoms with van der Waals surface area (Å²) in [6.45, 7) is 4.81. The van der Waals surface area contributed by atoms with Crippen LogP contribution in [0, 0.1) is 0 Å². The summed E-state index contributed by atoms with van der Waals surface area (Å²) in [6, 6.07) is 8.20. The fourth-order valence-electron chi connectivity index (χ4n) is 1.52. The average Bonchev–Trinajstić information content (AvgIpc) is 2.39. The molecule has 0 aliphatic rings. The van der Waals surface area contributed by atoms with Crippen molar-refractivity contribution in [2.24, 2.45) is 0 Å². The molecule has 17 heavy (non-hydrogen) atoms. The standard InChI is InChI=1S/C14H22O3/c1-5-11(2)12-6-8-13(9-7-12)17-10-14(15-3)16-4/h6-9,11,14H,5,10H2,1-4H3. The average molecular weight is 238 g/mol. The zero-order valence-corrected chi connectivity index (χ0v) is 11.1. The van der Waals surface area contributed by atoms with Crippen molar-refractivity contribution in [2.45, 2.75) is 32.5 Å². The lowest BCUT2D eigenvalue weighted by Crippen LogP contribution is -2.21. The van der Waals surface area contributed by atoms with Crippen LogP contribution in [0.4, 0.5) is 0 Å². The Hall–Kier alpha value is -1.06.